The van der Waals surface area contributed by atoms with Gasteiger partial charge in [0, 0.05) is 24.6 Å². The molecule has 1 N–H and O–H groups in total. The second-order valence-corrected chi connectivity index (χ2v) is 4.78. The first-order chi connectivity index (χ1) is 10.1. The van der Waals surface area contributed by atoms with Gasteiger partial charge in [-0.1, -0.05) is 11.6 Å². The Balaban J connectivity index is 3.11. The molecule has 0 radical (unpaired) electrons. The van der Waals surface area contributed by atoms with Gasteiger partial charge in [-0.25, -0.2) is 0 Å². The number of methoxy groups -OCH3 is 1. The van der Waals surface area contributed by atoms with Crippen molar-refractivity contribution in [2.24, 2.45) is 0 Å². The molecule has 0 aromatic heterocycles. The van der Waals surface area contributed by atoms with Crippen LogP contribution in [0.4, 0.5) is 0 Å². The highest BCUT2D eigenvalue weighted by Crippen LogP contribution is 2.28. The largest absolute Gasteiger partial charge is 0.492 e. The summed E-state index contributed by atoms with van der Waals surface area (Å²) in [5.74, 6) is 0.646. The molecule has 1 amide bonds. The van der Waals surface area contributed by atoms with Crippen LogP contribution in [0.25, 0.3) is 5.70 Å². The van der Waals surface area contributed by atoms with E-state index in [2.05, 4.69) is 5.32 Å². The number of nitrogens with one attached hydrogen (secondary N) is 1. The molecule has 0 atom stereocenters. The number of rotatable bonds is 8. The Hall–Kier alpha value is -1.43. The standard InChI is InChI=1S/C14H17Cl2NO4/c1-10(18)17-13(8-20-9-19-2)12-7-11(16)3-4-14(12)21-6-5-15/h3-4,7-8H,5-6,9H2,1-2H3,(H,17,18)/b13-8-. The lowest BCUT2D eigenvalue weighted by molar-refractivity contribution is -0.117. The highest BCUT2D eigenvalue weighted by Gasteiger charge is 2.12. The molecule has 0 saturated carbocycles. The first-order valence-corrected chi connectivity index (χ1v) is 7.06. The summed E-state index contributed by atoms with van der Waals surface area (Å²) in [6, 6.07) is 5.06. The molecule has 0 aliphatic rings. The van der Waals surface area contributed by atoms with Crippen LogP contribution in [0.5, 0.6) is 5.75 Å². The third-order valence-corrected chi connectivity index (χ3v) is 2.65. The molecular weight excluding hydrogens is 317 g/mol. The van der Waals surface area contributed by atoms with E-state index in [1.165, 1.54) is 20.3 Å². The van der Waals surface area contributed by atoms with Gasteiger partial charge in [0.15, 0.2) is 6.79 Å². The Labute approximate surface area is 133 Å². The van der Waals surface area contributed by atoms with Crippen molar-refractivity contribution in [2.45, 2.75) is 6.92 Å². The molecule has 0 bridgehead atoms. The van der Waals surface area contributed by atoms with E-state index >= 15 is 0 Å². The van der Waals surface area contributed by atoms with Crippen LogP contribution in [0.1, 0.15) is 12.5 Å². The molecule has 1 rings (SSSR count). The molecule has 116 valence electrons. The molecule has 0 unspecified atom stereocenters. The maximum absolute atomic E-state index is 11.3. The van der Waals surface area contributed by atoms with Crippen LogP contribution in [0.2, 0.25) is 5.02 Å². The van der Waals surface area contributed by atoms with Gasteiger partial charge < -0.3 is 19.5 Å². The zero-order valence-electron chi connectivity index (χ0n) is 11.8. The van der Waals surface area contributed by atoms with Crippen LogP contribution in [0.15, 0.2) is 24.5 Å². The summed E-state index contributed by atoms with van der Waals surface area (Å²) >= 11 is 11.6. The number of carbonyl (C=O) groups excluding carboxylic acids is 1. The van der Waals surface area contributed by atoms with Crippen molar-refractivity contribution in [3.8, 4) is 5.75 Å². The van der Waals surface area contributed by atoms with Crippen molar-refractivity contribution in [1.82, 2.24) is 5.32 Å². The van der Waals surface area contributed by atoms with Crippen LogP contribution in [0.3, 0.4) is 0 Å². The molecule has 7 heteroatoms. The van der Waals surface area contributed by atoms with Gasteiger partial charge in [0.05, 0.1) is 11.6 Å². The molecule has 0 aliphatic carbocycles. The monoisotopic (exact) mass is 333 g/mol. The summed E-state index contributed by atoms with van der Waals surface area (Å²) in [5.41, 5.74) is 1.02. The van der Waals surface area contributed by atoms with Crippen LogP contribution in [-0.4, -0.2) is 32.3 Å². The average molecular weight is 334 g/mol. The fraction of sp³-hybridized carbons (Fsp3) is 0.357. The highest BCUT2D eigenvalue weighted by molar-refractivity contribution is 6.30. The molecular formula is C14H17Cl2NO4. The summed E-state index contributed by atoms with van der Waals surface area (Å²) in [5, 5.41) is 3.17. The van der Waals surface area contributed by atoms with Gasteiger partial charge in [-0.15, -0.1) is 11.6 Å². The Morgan fingerprint density at radius 2 is 2.19 bits per heavy atom. The van der Waals surface area contributed by atoms with Crippen molar-refractivity contribution in [3.63, 3.8) is 0 Å². The van der Waals surface area contributed by atoms with Gasteiger partial charge in [-0.05, 0) is 18.2 Å². The number of amides is 1. The molecule has 1 aromatic carbocycles. The van der Waals surface area contributed by atoms with Gasteiger partial charge in [-0.2, -0.15) is 0 Å². The fourth-order valence-electron chi connectivity index (χ4n) is 1.52. The van der Waals surface area contributed by atoms with E-state index in [1.807, 2.05) is 0 Å². The lowest BCUT2D eigenvalue weighted by Crippen LogP contribution is -2.19. The zero-order chi connectivity index (χ0) is 15.7. The van der Waals surface area contributed by atoms with E-state index in [1.54, 1.807) is 18.2 Å². The molecule has 0 aliphatic heterocycles. The Bertz CT molecular complexity index is 506. The van der Waals surface area contributed by atoms with Gasteiger partial charge in [0.1, 0.15) is 18.6 Å². The topological polar surface area (TPSA) is 56.8 Å². The number of hydrogen-bond donors (Lipinski definition) is 1. The van der Waals surface area contributed by atoms with E-state index < -0.39 is 0 Å². The Kier molecular flexibility index (Phi) is 7.97. The Morgan fingerprint density at radius 3 is 2.81 bits per heavy atom. The molecule has 0 heterocycles. The van der Waals surface area contributed by atoms with Gasteiger partial charge in [0.25, 0.3) is 0 Å². The zero-order valence-corrected chi connectivity index (χ0v) is 13.3. The van der Waals surface area contributed by atoms with Crippen molar-refractivity contribution in [1.29, 1.82) is 0 Å². The minimum absolute atomic E-state index is 0.0571. The normalized spacial score (nSPS) is 11.1. The van der Waals surface area contributed by atoms with Crippen molar-refractivity contribution in [3.05, 3.63) is 35.0 Å². The second-order valence-electron chi connectivity index (χ2n) is 3.96. The third-order valence-electron chi connectivity index (χ3n) is 2.26. The molecule has 0 fully saturated rings. The second kappa shape index (κ2) is 9.50. The minimum Gasteiger partial charge on any atom is -0.492 e. The molecule has 1 aromatic rings. The number of alkyl halides is 1. The third kappa shape index (κ3) is 6.25. The van der Waals surface area contributed by atoms with E-state index in [0.717, 1.165) is 0 Å². The van der Waals surface area contributed by atoms with E-state index in [9.17, 15) is 4.79 Å². The maximum Gasteiger partial charge on any atom is 0.221 e. The van der Waals surface area contributed by atoms with Gasteiger partial charge >= 0.3 is 0 Å². The molecule has 5 nitrogen and oxygen atoms in total. The predicted molar refractivity (Wildman–Crippen MR) is 82.4 cm³/mol. The average Bonchev–Trinajstić information content (AvgIpc) is 2.44. The summed E-state index contributed by atoms with van der Waals surface area (Å²) < 4.78 is 15.5. The number of carbonyl (C=O) groups is 1. The summed E-state index contributed by atoms with van der Waals surface area (Å²) in [4.78, 5) is 11.3. The number of ether oxygens (including phenoxy) is 3. The highest BCUT2D eigenvalue weighted by atomic mass is 35.5. The maximum atomic E-state index is 11.3. The number of hydrogen-bond acceptors (Lipinski definition) is 4. The SMILES string of the molecule is COCO/C=C(\NC(C)=O)c1cc(Cl)ccc1OCCCl. The van der Waals surface area contributed by atoms with E-state index in [-0.39, 0.29) is 12.7 Å². The first kappa shape index (κ1) is 17.6. The van der Waals surface area contributed by atoms with Gasteiger partial charge in [-0.3, -0.25) is 4.79 Å². The van der Waals surface area contributed by atoms with Crippen molar-refractivity contribution < 1.29 is 19.0 Å². The van der Waals surface area contributed by atoms with Crippen LogP contribution >= 0.6 is 23.2 Å². The van der Waals surface area contributed by atoms with E-state index in [0.29, 0.717) is 34.5 Å². The predicted octanol–water partition coefficient (Wildman–Crippen LogP) is 3.01. The first-order valence-electron chi connectivity index (χ1n) is 6.15. The summed E-state index contributed by atoms with van der Waals surface area (Å²) in [6.07, 6.45) is 1.38. The summed E-state index contributed by atoms with van der Waals surface area (Å²) in [7, 11) is 1.50. The van der Waals surface area contributed by atoms with Crippen molar-refractivity contribution in [2.75, 3.05) is 26.4 Å². The quantitative estimate of drug-likeness (QED) is 0.344. The van der Waals surface area contributed by atoms with E-state index in [4.69, 9.17) is 37.4 Å². The molecule has 0 saturated heterocycles. The van der Waals surface area contributed by atoms with Crippen molar-refractivity contribution >= 4 is 34.8 Å². The van der Waals surface area contributed by atoms with Crippen LogP contribution in [0, 0.1) is 0 Å². The molecule has 0 spiro atoms. The van der Waals surface area contributed by atoms with Crippen LogP contribution in [-0.2, 0) is 14.3 Å². The lowest BCUT2D eigenvalue weighted by atomic mass is 10.1. The smallest absolute Gasteiger partial charge is 0.221 e. The Morgan fingerprint density at radius 1 is 1.43 bits per heavy atom. The number of benzene rings is 1. The summed E-state index contributed by atoms with van der Waals surface area (Å²) in [6.45, 7) is 1.79. The van der Waals surface area contributed by atoms with Gasteiger partial charge in [0.2, 0.25) is 5.91 Å². The fourth-order valence-corrected chi connectivity index (χ4v) is 1.77. The molecule has 21 heavy (non-hydrogen) atoms. The van der Waals surface area contributed by atoms with Crippen LogP contribution < -0.4 is 10.1 Å². The minimum atomic E-state index is -0.245. The number of halogens is 2. The lowest BCUT2D eigenvalue weighted by Gasteiger charge is -2.14.